The lowest BCUT2D eigenvalue weighted by atomic mass is 10.0. The number of amides is 1. The number of allylic oxidation sites excluding steroid dienone is 1. The number of carbonyl (C=O) groups excluding carboxylic acids is 1. The molecule has 8 heteroatoms. The molecule has 4 rings (SSSR count). The average molecular weight is 440 g/mol. The summed E-state index contributed by atoms with van der Waals surface area (Å²) in [5, 5.41) is 10.0. The van der Waals surface area contributed by atoms with Gasteiger partial charge in [0.1, 0.15) is 17.5 Å². The molecule has 4 aromatic rings. The quantitative estimate of drug-likeness (QED) is 0.358. The topological polar surface area (TPSA) is 107 Å². The monoisotopic (exact) mass is 440 g/mol. The molecule has 3 aromatic heterocycles. The Labute approximate surface area is 190 Å². The number of hydrogen-bond acceptors (Lipinski definition) is 5. The highest BCUT2D eigenvalue weighted by Gasteiger charge is 2.16. The van der Waals surface area contributed by atoms with Crippen LogP contribution in [0.25, 0.3) is 28.6 Å². The molecule has 0 saturated heterocycles. The van der Waals surface area contributed by atoms with E-state index in [1.165, 1.54) is 12.3 Å². The fraction of sp³-hybridized carbons (Fsp3) is 0.0800. The number of hydrogen-bond donors (Lipinski definition) is 3. The Morgan fingerprint density at radius 2 is 1.97 bits per heavy atom. The Kier molecular flexibility index (Phi) is 6.17. The number of benzene rings is 1. The molecule has 1 aromatic carbocycles. The van der Waals surface area contributed by atoms with Crippen molar-refractivity contribution < 1.29 is 9.18 Å². The van der Waals surface area contributed by atoms with Gasteiger partial charge in [0.15, 0.2) is 0 Å². The first-order chi connectivity index (χ1) is 15.9. The first-order valence-electron chi connectivity index (χ1n) is 10.2. The summed E-state index contributed by atoms with van der Waals surface area (Å²) in [6.45, 7) is 3.56. The number of imidazole rings is 1. The maximum absolute atomic E-state index is 13.8. The van der Waals surface area contributed by atoms with Crippen molar-refractivity contribution in [3.05, 3.63) is 89.4 Å². The lowest BCUT2D eigenvalue weighted by Gasteiger charge is -2.08. The van der Waals surface area contributed by atoms with Gasteiger partial charge in [0.25, 0.3) is 5.91 Å². The van der Waals surface area contributed by atoms with E-state index in [1.54, 1.807) is 61.8 Å². The number of pyridine rings is 2. The number of nitrogens with one attached hydrogen (secondary N) is 3. The van der Waals surface area contributed by atoms with Gasteiger partial charge in [-0.15, -0.1) is 0 Å². The molecule has 0 bridgehead atoms. The number of aromatic amines is 1. The van der Waals surface area contributed by atoms with Gasteiger partial charge in [-0.2, -0.15) is 0 Å². The molecule has 3 N–H and O–H groups in total. The second kappa shape index (κ2) is 9.35. The third kappa shape index (κ3) is 4.90. The lowest BCUT2D eigenvalue weighted by Crippen LogP contribution is -2.13. The molecular formula is C25H21FN6O. The summed E-state index contributed by atoms with van der Waals surface area (Å²) in [6.07, 6.45) is 9.15. The smallest absolute Gasteiger partial charge is 0.258 e. The van der Waals surface area contributed by atoms with E-state index < -0.39 is 0 Å². The summed E-state index contributed by atoms with van der Waals surface area (Å²) in [5.74, 6) is 0.300. The number of rotatable bonds is 6. The minimum absolute atomic E-state index is 0.292. The van der Waals surface area contributed by atoms with Crippen LogP contribution in [0.3, 0.4) is 0 Å². The zero-order chi connectivity index (χ0) is 23.4. The van der Waals surface area contributed by atoms with E-state index in [9.17, 15) is 9.18 Å². The van der Waals surface area contributed by atoms with E-state index in [4.69, 9.17) is 5.41 Å². The largest absolute Gasteiger partial charge is 0.338 e. The predicted octanol–water partition coefficient (Wildman–Crippen LogP) is 5.20. The van der Waals surface area contributed by atoms with Gasteiger partial charge in [-0.25, -0.2) is 14.4 Å². The van der Waals surface area contributed by atoms with Crippen LogP contribution in [0.2, 0.25) is 0 Å². The van der Waals surface area contributed by atoms with Gasteiger partial charge >= 0.3 is 0 Å². The van der Waals surface area contributed by atoms with E-state index in [0.717, 1.165) is 22.9 Å². The summed E-state index contributed by atoms with van der Waals surface area (Å²) in [7, 11) is 0. The van der Waals surface area contributed by atoms with E-state index >= 15 is 0 Å². The van der Waals surface area contributed by atoms with Crippen LogP contribution in [0.5, 0.6) is 0 Å². The minimum Gasteiger partial charge on any atom is -0.338 e. The van der Waals surface area contributed by atoms with Crippen molar-refractivity contribution in [3.8, 4) is 22.5 Å². The number of carbonyl (C=O) groups is 1. The summed E-state index contributed by atoms with van der Waals surface area (Å²) in [5.41, 5.74) is 4.60. The number of aryl methyl sites for hydroxylation is 2. The number of H-pyrrole nitrogens is 1. The van der Waals surface area contributed by atoms with E-state index in [1.807, 2.05) is 6.92 Å². The summed E-state index contributed by atoms with van der Waals surface area (Å²) in [4.78, 5) is 28.8. The summed E-state index contributed by atoms with van der Waals surface area (Å²) >= 11 is 0. The fourth-order valence-corrected chi connectivity index (χ4v) is 3.34. The second-order valence-electron chi connectivity index (χ2n) is 7.47. The van der Waals surface area contributed by atoms with Crippen LogP contribution in [0.1, 0.15) is 27.3 Å². The molecular weight excluding hydrogens is 419 g/mol. The Morgan fingerprint density at radius 1 is 1.12 bits per heavy atom. The zero-order valence-corrected chi connectivity index (χ0v) is 18.1. The molecule has 0 aliphatic carbocycles. The van der Waals surface area contributed by atoms with Gasteiger partial charge in [0.2, 0.25) is 0 Å². The Bertz CT molecular complexity index is 1380. The maximum atomic E-state index is 13.8. The van der Waals surface area contributed by atoms with Gasteiger partial charge in [-0.1, -0.05) is 0 Å². The van der Waals surface area contributed by atoms with Crippen LogP contribution in [-0.4, -0.2) is 32.1 Å². The second-order valence-corrected chi connectivity index (χ2v) is 7.47. The van der Waals surface area contributed by atoms with Crippen LogP contribution < -0.4 is 5.32 Å². The fourth-order valence-electron chi connectivity index (χ4n) is 3.34. The third-order valence-electron chi connectivity index (χ3n) is 4.93. The molecule has 1 amide bonds. The van der Waals surface area contributed by atoms with Crippen LogP contribution in [0.4, 0.5) is 10.2 Å². The highest BCUT2D eigenvalue weighted by atomic mass is 19.1. The van der Waals surface area contributed by atoms with E-state index in [0.29, 0.717) is 34.2 Å². The zero-order valence-electron chi connectivity index (χ0n) is 18.1. The molecule has 0 aliphatic rings. The van der Waals surface area contributed by atoms with Crippen molar-refractivity contribution in [3.63, 3.8) is 0 Å². The number of halogens is 1. The molecule has 7 nitrogen and oxygen atoms in total. The third-order valence-corrected chi connectivity index (χ3v) is 4.93. The molecule has 0 aliphatic heterocycles. The Hall–Kier alpha value is -4.46. The summed E-state index contributed by atoms with van der Waals surface area (Å²) in [6, 6.07) is 10.1. The predicted molar refractivity (Wildman–Crippen MR) is 127 cm³/mol. The van der Waals surface area contributed by atoms with Crippen molar-refractivity contribution in [2.75, 3.05) is 5.32 Å². The SMILES string of the molecule is Cc1cncc(C(=O)Nc2cc(-c3[nH]c(/C=C\C=N)nc3-c3ccc(F)c(C)c3)ccn2)c1. The van der Waals surface area contributed by atoms with Crippen molar-refractivity contribution in [2.24, 2.45) is 0 Å². The highest BCUT2D eigenvalue weighted by Crippen LogP contribution is 2.32. The first kappa shape index (κ1) is 21.8. The van der Waals surface area contributed by atoms with Crippen LogP contribution >= 0.6 is 0 Å². The first-order valence-corrected chi connectivity index (χ1v) is 10.2. The van der Waals surface area contributed by atoms with Crippen molar-refractivity contribution in [1.82, 2.24) is 19.9 Å². The van der Waals surface area contributed by atoms with Crippen LogP contribution in [-0.2, 0) is 0 Å². The molecule has 3 heterocycles. The standard InChI is InChI=1S/C25H21FN6O/c1-15-10-19(14-28-13-15)25(33)32-22-12-18(7-9-29-22)24-23(30-21(31-24)4-3-8-27)17-5-6-20(26)16(2)11-17/h3-14,27H,1-2H3,(H,30,31)(H,29,32,33)/b4-3-,27-8?. The maximum Gasteiger partial charge on any atom is 0.258 e. The van der Waals surface area contributed by atoms with Gasteiger partial charge < -0.3 is 15.7 Å². The summed E-state index contributed by atoms with van der Waals surface area (Å²) < 4.78 is 13.8. The van der Waals surface area contributed by atoms with Gasteiger partial charge in [0, 0.05) is 35.9 Å². The average Bonchev–Trinajstić information content (AvgIpc) is 3.24. The Balaban J connectivity index is 1.73. The van der Waals surface area contributed by atoms with E-state index in [-0.39, 0.29) is 11.7 Å². The highest BCUT2D eigenvalue weighted by molar-refractivity contribution is 6.03. The van der Waals surface area contributed by atoms with Crippen molar-refractivity contribution >= 4 is 24.0 Å². The molecule has 164 valence electrons. The Morgan fingerprint density at radius 3 is 2.73 bits per heavy atom. The molecule has 33 heavy (non-hydrogen) atoms. The lowest BCUT2D eigenvalue weighted by molar-refractivity contribution is 0.102. The normalized spacial score (nSPS) is 11.0. The molecule has 0 fully saturated rings. The van der Waals surface area contributed by atoms with Gasteiger partial charge in [-0.3, -0.25) is 9.78 Å². The molecule has 0 atom stereocenters. The van der Waals surface area contributed by atoms with Crippen LogP contribution in [0, 0.1) is 25.1 Å². The van der Waals surface area contributed by atoms with Crippen molar-refractivity contribution in [2.45, 2.75) is 13.8 Å². The molecule has 0 radical (unpaired) electrons. The van der Waals surface area contributed by atoms with Crippen molar-refractivity contribution in [1.29, 1.82) is 5.41 Å². The minimum atomic E-state index is -0.315. The van der Waals surface area contributed by atoms with Crippen LogP contribution in [0.15, 0.2) is 61.1 Å². The molecule has 0 unspecified atom stereocenters. The molecule has 0 saturated carbocycles. The molecule has 0 spiro atoms. The number of aromatic nitrogens is 4. The van der Waals surface area contributed by atoms with Gasteiger partial charge in [0.05, 0.1) is 17.0 Å². The number of anilines is 1. The number of nitrogens with zero attached hydrogens (tertiary/aromatic N) is 3. The van der Waals surface area contributed by atoms with E-state index in [2.05, 4.69) is 25.3 Å². The van der Waals surface area contributed by atoms with Gasteiger partial charge in [-0.05, 0) is 73.5 Å².